The summed E-state index contributed by atoms with van der Waals surface area (Å²) in [6, 6.07) is 9.00. The van der Waals surface area contributed by atoms with E-state index in [1.165, 1.54) is 0 Å². The van der Waals surface area contributed by atoms with E-state index in [1.54, 1.807) is 22.9 Å². The molecule has 2 aromatic rings. The topological polar surface area (TPSA) is 58.7 Å². The molecule has 0 saturated carbocycles. The summed E-state index contributed by atoms with van der Waals surface area (Å²) in [6.45, 7) is 4.13. The van der Waals surface area contributed by atoms with E-state index in [4.69, 9.17) is 5.26 Å². The average molecular weight is 239 g/mol. The Kier molecular flexibility index (Phi) is 3.24. The van der Waals surface area contributed by atoms with E-state index >= 15 is 0 Å². The van der Waals surface area contributed by atoms with Crippen molar-refractivity contribution >= 4 is 6.29 Å². The first-order valence-corrected chi connectivity index (χ1v) is 5.71. The summed E-state index contributed by atoms with van der Waals surface area (Å²) in [5.41, 5.74) is 2.60. The smallest absolute Gasteiger partial charge is 0.150 e. The molecule has 1 aromatic heterocycles. The zero-order valence-electron chi connectivity index (χ0n) is 10.3. The summed E-state index contributed by atoms with van der Waals surface area (Å²) in [6.07, 6.45) is 2.55. The summed E-state index contributed by atoms with van der Waals surface area (Å²) in [5.74, 6) is 0.339. The molecule has 4 heteroatoms. The lowest BCUT2D eigenvalue weighted by molar-refractivity contribution is 0.112. The molecule has 0 amide bonds. The van der Waals surface area contributed by atoms with Gasteiger partial charge in [0.15, 0.2) is 0 Å². The van der Waals surface area contributed by atoms with Crippen molar-refractivity contribution in [1.82, 2.24) is 9.78 Å². The lowest BCUT2D eigenvalue weighted by atomic mass is 10.1. The lowest BCUT2D eigenvalue weighted by Gasteiger charge is -2.05. The second kappa shape index (κ2) is 4.84. The Morgan fingerprint density at radius 3 is 2.72 bits per heavy atom. The third-order valence-electron chi connectivity index (χ3n) is 2.73. The van der Waals surface area contributed by atoms with Crippen molar-refractivity contribution in [3.63, 3.8) is 0 Å². The van der Waals surface area contributed by atoms with Crippen LogP contribution in [0.25, 0.3) is 5.69 Å². The van der Waals surface area contributed by atoms with Gasteiger partial charge in [-0.05, 0) is 30.2 Å². The van der Waals surface area contributed by atoms with Crippen molar-refractivity contribution in [3.8, 4) is 11.8 Å². The fourth-order valence-electron chi connectivity index (χ4n) is 1.70. The van der Waals surface area contributed by atoms with E-state index in [2.05, 4.69) is 25.0 Å². The molecule has 18 heavy (non-hydrogen) atoms. The quantitative estimate of drug-likeness (QED) is 0.774. The highest BCUT2D eigenvalue weighted by molar-refractivity contribution is 5.76. The van der Waals surface area contributed by atoms with Gasteiger partial charge in [-0.2, -0.15) is 10.4 Å². The first kappa shape index (κ1) is 12.1. The van der Waals surface area contributed by atoms with E-state index in [0.29, 0.717) is 22.7 Å². The molecule has 4 nitrogen and oxygen atoms in total. The van der Waals surface area contributed by atoms with Gasteiger partial charge in [-0.1, -0.05) is 13.8 Å². The van der Waals surface area contributed by atoms with Crippen molar-refractivity contribution in [2.75, 3.05) is 0 Å². The summed E-state index contributed by atoms with van der Waals surface area (Å²) in [7, 11) is 0. The maximum Gasteiger partial charge on any atom is 0.150 e. The summed E-state index contributed by atoms with van der Waals surface area (Å²) < 4.78 is 1.67. The summed E-state index contributed by atoms with van der Waals surface area (Å²) >= 11 is 0. The molecule has 90 valence electrons. The molecule has 2 rings (SSSR count). The predicted octanol–water partition coefficient (Wildman–Crippen LogP) is 2.68. The molecular formula is C14H13N3O. The Balaban J connectivity index is 2.50. The number of aldehydes is 1. The highest BCUT2D eigenvalue weighted by atomic mass is 16.1. The SMILES string of the molecule is CC(C)c1ccn(-c2ccc(C=O)cc2C#N)n1. The van der Waals surface area contributed by atoms with Gasteiger partial charge in [-0.15, -0.1) is 0 Å². The molecule has 0 spiro atoms. The monoisotopic (exact) mass is 239 g/mol. The molecule has 0 atom stereocenters. The van der Waals surface area contributed by atoms with Gasteiger partial charge < -0.3 is 0 Å². The third-order valence-corrected chi connectivity index (χ3v) is 2.73. The number of aromatic nitrogens is 2. The Morgan fingerprint density at radius 2 is 2.17 bits per heavy atom. The first-order valence-electron chi connectivity index (χ1n) is 5.71. The van der Waals surface area contributed by atoms with Crippen LogP contribution in [0.5, 0.6) is 0 Å². The second-order valence-electron chi connectivity index (χ2n) is 4.35. The number of nitrogens with zero attached hydrogens (tertiary/aromatic N) is 3. The van der Waals surface area contributed by atoms with Crippen LogP contribution in [0.4, 0.5) is 0 Å². The van der Waals surface area contributed by atoms with Crippen molar-refractivity contribution in [1.29, 1.82) is 5.26 Å². The predicted molar refractivity (Wildman–Crippen MR) is 67.8 cm³/mol. The minimum Gasteiger partial charge on any atom is -0.298 e. The van der Waals surface area contributed by atoms with Gasteiger partial charge in [0.25, 0.3) is 0 Å². The maximum atomic E-state index is 10.7. The second-order valence-corrected chi connectivity index (χ2v) is 4.35. The Hall–Kier alpha value is -2.41. The zero-order chi connectivity index (χ0) is 13.1. The van der Waals surface area contributed by atoms with Gasteiger partial charge in [-0.3, -0.25) is 4.79 Å². The van der Waals surface area contributed by atoms with Crippen LogP contribution in [0.15, 0.2) is 30.5 Å². The van der Waals surface area contributed by atoms with Crippen molar-refractivity contribution in [2.45, 2.75) is 19.8 Å². The van der Waals surface area contributed by atoms with Gasteiger partial charge in [0.05, 0.1) is 16.9 Å². The van der Waals surface area contributed by atoms with E-state index in [-0.39, 0.29) is 0 Å². The molecule has 0 radical (unpaired) electrons. The molecule has 0 aliphatic rings. The van der Waals surface area contributed by atoms with Gasteiger partial charge in [0.1, 0.15) is 12.4 Å². The zero-order valence-corrected chi connectivity index (χ0v) is 10.3. The number of benzene rings is 1. The third kappa shape index (κ3) is 2.16. The summed E-state index contributed by atoms with van der Waals surface area (Å²) in [5, 5.41) is 13.5. The van der Waals surface area contributed by atoms with E-state index in [1.807, 2.05) is 12.3 Å². The van der Waals surface area contributed by atoms with E-state index in [0.717, 1.165) is 12.0 Å². The van der Waals surface area contributed by atoms with Crippen LogP contribution in [0.3, 0.4) is 0 Å². The Bertz CT molecular complexity index is 620. The fraction of sp³-hybridized carbons (Fsp3) is 0.214. The molecular weight excluding hydrogens is 226 g/mol. The maximum absolute atomic E-state index is 10.7. The molecule has 1 aromatic carbocycles. The van der Waals surface area contributed by atoms with Crippen LogP contribution >= 0.6 is 0 Å². The largest absolute Gasteiger partial charge is 0.298 e. The number of rotatable bonds is 3. The molecule has 0 N–H and O–H groups in total. The number of nitriles is 1. The molecule has 0 aliphatic heterocycles. The lowest BCUT2D eigenvalue weighted by Crippen LogP contribution is -2.00. The van der Waals surface area contributed by atoms with Gasteiger partial charge in [-0.25, -0.2) is 4.68 Å². The van der Waals surface area contributed by atoms with Crippen LogP contribution in [-0.4, -0.2) is 16.1 Å². The number of carbonyl (C=O) groups is 1. The van der Waals surface area contributed by atoms with E-state index < -0.39 is 0 Å². The molecule has 1 heterocycles. The van der Waals surface area contributed by atoms with Crippen LogP contribution in [-0.2, 0) is 0 Å². The molecule has 0 bridgehead atoms. The Labute approximate surface area is 105 Å². The van der Waals surface area contributed by atoms with Gasteiger partial charge >= 0.3 is 0 Å². The minimum atomic E-state index is 0.339. The molecule has 0 fully saturated rings. The minimum absolute atomic E-state index is 0.339. The first-order chi connectivity index (χ1) is 8.65. The van der Waals surface area contributed by atoms with Crippen molar-refractivity contribution < 1.29 is 4.79 Å². The fourth-order valence-corrected chi connectivity index (χ4v) is 1.70. The highest BCUT2D eigenvalue weighted by Gasteiger charge is 2.09. The van der Waals surface area contributed by atoms with E-state index in [9.17, 15) is 4.79 Å². The van der Waals surface area contributed by atoms with Crippen LogP contribution in [0.2, 0.25) is 0 Å². The van der Waals surface area contributed by atoms with Gasteiger partial charge in [0.2, 0.25) is 0 Å². The van der Waals surface area contributed by atoms with Crippen LogP contribution in [0.1, 0.15) is 41.4 Å². The summed E-state index contributed by atoms with van der Waals surface area (Å²) in [4.78, 5) is 10.7. The number of hydrogen-bond acceptors (Lipinski definition) is 3. The van der Waals surface area contributed by atoms with Crippen molar-refractivity contribution in [3.05, 3.63) is 47.3 Å². The van der Waals surface area contributed by atoms with Crippen LogP contribution in [0, 0.1) is 11.3 Å². The van der Waals surface area contributed by atoms with Crippen molar-refractivity contribution in [2.24, 2.45) is 0 Å². The number of carbonyl (C=O) groups excluding carboxylic acids is 1. The Morgan fingerprint density at radius 1 is 1.39 bits per heavy atom. The highest BCUT2D eigenvalue weighted by Crippen LogP contribution is 2.17. The average Bonchev–Trinajstić information content (AvgIpc) is 2.87. The standard InChI is InChI=1S/C14H13N3O/c1-10(2)13-5-6-17(16-13)14-4-3-11(9-18)7-12(14)8-15/h3-7,9-10H,1-2H3. The number of hydrogen-bond donors (Lipinski definition) is 0. The molecule has 0 unspecified atom stereocenters. The molecule has 0 saturated heterocycles. The molecule has 0 aliphatic carbocycles. The van der Waals surface area contributed by atoms with Gasteiger partial charge in [0, 0.05) is 11.8 Å². The normalized spacial score (nSPS) is 10.3. The van der Waals surface area contributed by atoms with Crippen LogP contribution < -0.4 is 0 Å².